The number of nitrogens with zero attached hydrogens (tertiary/aromatic N) is 5. The molecule has 0 aliphatic carbocycles. The van der Waals surface area contributed by atoms with Gasteiger partial charge >= 0.3 is 6.03 Å². The summed E-state index contributed by atoms with van der Waals surface area (Å²) in [6, 6.07) is 20.1. The lowest BCUT2D eigenvalue weighted by Gasteiger charge is -2.45. The maximum Gasteiger partial charge on any atom is 0.332 e. The number of benzene rings is 3. The van der Waals surface area contributed by atoms with Crippen molar-refractivity contribution in [3.63, 3.8) is 0 Å². The number of piperazine rings is 1. The molecule has 3 heterocycles. The molecule has 2 fully saturated rings. The molecule has 2 atom stereocenters. The normalized spacial score (nSPS) is 18.9. The molecule has 12 heteroatoms. The van der Waals surface area contributed by atoms with E-state index in [0.717, 1.165) is 26.9 Å². The van der Waals surface area contributed by atoms with E-state index in [1.165, 1.54) is 28.5 Å². The van der Waals surface area contributed by atoms with Crippen LogP contribution in [0.4, 0.5) is 14.3 Å². The molecular weight excluding hydrogens is 557 g/mol. The third kappa shape index (κ3) is 5.38. The van der Waals surface area contributed by atoms with Crippen molar-refractivity contribution < 1.29 is 18.8 Å². The Balaban J connectivity index is 1.27. The fraction of sp³-hybridized carbons (Fsp3) is 0.267. The van der Waals surface area contributed by atoms with Crippen LogP contribution in [0.5, 0.6) is 0 Å². The second kappa shape index (κ2) is 11.4. The molecule has 0 bridgehead atoms. The molecule has 2 saturated heterocycles. The van der Waals surface area contributed by atoms with Gasteiger partial charge in [0.2, 0.25) is 11.8 Å². The van der Waals surface area contributed by atoms with Crippen molar-refractivity contribution in [1.82, 2.24) is 30.1 Å². The number of carbonyl (C=O) groups excluding carboxylic acids is 3. The van der Waals surface area contributed by atoms with Gasteiger partial charge in [0.15, 0.2) is 5.13 Å². The average molecular weight is 588 g/mol. The van der Waals surface area contributed by atoms with Gasteiger partial charge in [-0.3, -0.25) is 14.6 Å². The van der Waals surface area contributed by atoms with Gasteiger partial charge in [-0.05, 0) is 34.9 Å². The Kier molecular flexibility index (Phi) is 7.48. The van der Waals surface area contributed by atoms with E-state index < -0.39 is 18.2 Å². The van der Waals surface area contributed by atoms with Gasteiger partial charge in [-0.1, -0.05) is 65.9 Å². The number of hydrogen-bond donors (Lipinski definition) is 2. The third-order valence-electron chi connectivity index (χ3n) is 7.75. The Morgan fingerprint density at radius 2 is 1.83 bits per heavy atom. The van der Waals surface area contributed by atoms with Crippen LogP contribution in [0.15, 0.2) is 72.8 Å². The van der Waals surface area contributed by atoms with Crippen molar-refractivity contribution in [2.75, 3.05) is 25.9 Å². The first kappa shape index (κ1) is 27.6. The Bertz CT molecular complexity index is 1630. The van der Waals surface area contributed by atoms with Crippen molar-refractivity contribution >= 4 is 44.5 Å². The van der Waals surface area contributed by atoms with Crippen LogP contribution in [0, 0.1) is 5.82 Å². The van der Waals surface area contributed by atoms with E-state index in [9.17, 15) is 18.8 Å². The van der Waals surface area contributed by atoms with Crippen LogP contribution < -0.4 is 11.1 Å². The SMILES string of the molecule is CN(C(=O)NCc1ccc(F)cc1)N1CC(=O)N2[C@@H](Cc3ccccc3)C(=O)N(Cc3cccc4sc(N)nc34)C[C@@H]21. The molecule has 42 heavy (non-hydrogen) atoms. The van der Waals surface area contributed by atoms with Crippen LogP contribution in [0.2, 0.25) is 0 Å². The maximum atomic E-state index is 14.0. The molecule has 2 aliphatic rings. The van der Waals surface area contributed by atoms with Gasteiger partial charge in [-0.15, -0.1) is 0 Å². The van der Waals surface area contributed by atoms with Crippen LogP contribution in [0.1, 0.15) is 16.7 Å². The van der Waals surface area contributed by atoms with Crippen LogP contribution in [0.25, 0.3) is 10.2 Å². The Hall–Kier alpha value is -4.55. The number of hydrazine groups is 1. The minimum absolute atomic E-state index is 0.0459. The summed E-state index contributed by atoms with van der Waals surface area (Å²) in [6.45, 7) is 0.649. The topological polar surface area (TPSA) is 115 Å². The molecule has 3 aromatic carbocycles. The maximum absolute atomic E-state index is 14.0. The van der Waals surface area contributed by atoms with Crippen molar-refractivity contribution in [2.45, 2.75) is 31.7 Å². The lowest BCUT2D eigenvalue weighted by atomic mass is 10.00. The predicted molar refractivity (Wildman–Crippen MR) is 157 cm³/mol. The van der Waals surface area contributed by atoms with E-state index >= 15 is 0 Å². The lowest BCUT2D eigenvalue weighted by Crippen LogP contribution is -2.65. The lowest BCUT2D eigenvalue weighted by molar-refractivity contribution is -0.157. The second-order valence-corrected chi connectivity index (χ2v) is 11.5. The first-order valence-corrected chi connectivity index (χ1v) is 14.4. The third-order valence-corrected chi connectivity index (χ3v) is 8.60. The monoisotopic (exact) mass is 587 g/mol. The van der Waals surface area contributed by atoms with E-state index in [0.29, 0.717) is 11.6 Å². The van der Waals surface area contributed by atoms with Gasteiger partial charge in [0, 0.05) is 26.6 Å². The summed E-state index contributed by atoms with van der Waals surface area (Å²) in [5.41, 5.74) is 9.27. The van der Waals surface area contributed by atoms with Gasteiger partial charge in [0.1, 0.15) is 18.0 Å². The van der Waals surface area contributed by atoms with E-state index in [1.807, 2.05) is 48.5 Å². The van der Waals surface area contributed by atoms with Gasteiger partial charge in [0.25, 0.3) is 0 Å². The Morgan fingerprint density at radius 3 is 2.60 bits per heavy atom. The number of nitrogens with one attached hydrogen (secondary N) is 1. The second-order valence-electron chi connectivity index (χ2n) is 10.4. The molecule has 10 nitrogen and oxygen atoms in total. The Labute approximate surface area is 246 Å². The number of urea groups is 1. The van der Waals surface area contributed by atoms with Crippen molar-refractivity contribution in [3.8, 4) is 0 Å². The van der Waals surface area contributed by atoms with Crippen molar-refractivity contribution in [1.29, 1.82) is 0 Å². The highest BCUT2D eigenvalue weighted by Crippen LogP contribution is 2.32. The zero-order valence-electron chi connectivity index (χ0n) is 22.9. The molecule has 0 unspecified atom stereocenters. The van der Waals surface area contributed by atoms with Gasteiger partial charge < -0.3 is 20.9 Å². The summed E-state index contributed by atoms with van der Waals surface area (Å²) >= 11 is 1.39. The van der Waals surface area contributed by atoms with Gasteiger partial charge in [-0.2, -0.15) is 5.01 Å². The zero-order valence-corrected chi connectivity index (χ0v) is 23.8. The molecule has 4 aromatic rings. The van der Waals surface area contributed by atoms with Crippen LogP contribution in [-0.2, 0) is 29.1 Å². The number of nitrogens with two attached hydrogens (primary N) is 1. The number of para-hydroxylation sites is 1. The molecule has 3 N–H and O–H groups in total. The highest BCUT2D eigenvalue weighted by atomic mass is 32.1. The number of rotatable bonds is 7. The van der Waals surface area contributed by atoms with E-state index in [-0.39, 0.29) is 43.8 Å². The van der Waals surface area contributed by atoms with Gasteiger partial charge in [0.05, 0.1) is 23.3 Å². The summed E-state index contributed by atoms with van der Waals surface area (Å²) in [7, 11) is 1.60. The average Bonchev–Trinajstić information content (AvgIpc) is 3.54. The number of hydrogen-bond acceptors (Lipinski definition) is 7. The highest BCUT2D eigenvalue weighted by molar-refractivity contribution is 7.22. The smallest absolute Gasteiger partial charge is 0.332 e. The molecule has 0 saturated carbocycles. The van der Waals surface area contributed by atoms with Crippen LogP contribution in [-0.4, -0.2) is 75.0 Å². The first-order valence-electron chi connectivity index (χ1n) is 13.6. The van der Waals surface area contributed by atoms with Crippen molar-refractivity contribution in [3.05, 3.63) is 95.3 Å². The number of thiazole rings is 1. The molecule has 1 aromatic heterocycles. The quantitative estimate of drug-likeness (QED) is 0.343. The van der Waals surface area contributed by atoms with E-state index in [1.54, 1.807) is 34.0 Å². The molecule has 6 rings (SSSR count). The fourth-order valence-electron chi connectivity index (χ4n) is 5.65. The minimum Gasteiger partial charge on any atom is -0.375 e. The highest BCUT2D eigenvalue weighted by Gasteiger charge is 2.51. The molecule has 216 valence electrons. The van der Waals surface area contributed by atoms with E-state index in [2.05, 4.69) is 10.3 Å². The summed E-state index contributed by atoms with van der Waals surface area (Å²) in [4.78, 5) is 48.5. The molecule has 4 amide bonds. The number of nitrogen functional groups attached to an aromatic ring is 1. The number of halogens is 1. The summed E-state index contributed by atoms with van der Waals surface area (Å²) < 4.78 is 14.2. The molecule has 2 aliphatic heterocycles. The molecule has 0 radical (unpaired) electrons. The number of aromatic nitrogens is 1. The number of carbonyl (C=O) groups is 3. The fourth-order valence-corrected chi connectivity index (χ4v) is 6.44. The first-order chi connectivity index (χ1) is 20.3. The number of fused-ring (bicyclic) bond motifs is 2. The van der Waals surface area contributed by atoms with Crippen LogP contribution >= 0.6 is 11.3 Å². The summed E-state index contributed by atoms with van der Waals surface area (Å²) in [5, 5.41) is 6.37. The minimum atomic E-state index is -0.737. The summed E-state index contributed by atoms with van der Waals surface area (Å²) in [5.74, 6) is -0.732. The zero-order chi connectivity index (χ0) is 29.4. The Morgan fingerprint density at radius 1 is 1.07 bits per heavy atom. The number of amides is 4. The molecular formula is C30H30FN7O3S. The van der Waals surface area contributed by atoms with Crippen LogP contribution in [0.3, 0.4) is 0 Å². The standard InChI is InChI=1S/C30H30FN7O3S/c1-35(30(41)33-15-20-10-12-22(31)13-11-20)37-18-26(39)38-23(14-19-6-3-2-4-7-19)28(40)36(17-25(37)38)16-21-8-5-9-24-27(21)34-29(32)42-24/h2-13,23,25H,14-18H2,1H3,(H2,32,34)(H,33,41)/t23-,25+/m0/s1. The predicted octanol–water partition coefficient (Wildman–Crippen LogP) is 3.20. The largest absolute Gasteiger partial charge is 0.375 e. The molecule has 0 spiro atoms. The van der Waals surface area contributed by atoms with Crippen molar-refractivity contribution in [2.24, 2.45) is 0 Å². The number of anilines is 1. The van der Waals surface area contributed by atoms with Gasteiger partial charge in [-0.25, -0.2) is 14.2 Å². The van der Waals surface area contributed by atoms with E-state index in [4.69, 9.17) is 5.73 Å². The summed E-state index contributed by atoms with van der Waals surface area (Å²) in [6.07, 6.45) is -0.203.